The lowest BCUT2D eigenvalue weighted by molar-refractivity contribution is -0.147. The normalized spacial score (nSPS) is 10.7. The third kappa shape index (κ3) is 3.79. The number of carboxylic acid groups (broad SMARTS) is 1. The lowest BCUT2D eigenvalue weighted by atomic mass is 9.90. The van der Waals surface area contributed by atoms with Gasteiger partial charge in [0.05, 0.1) is 16.7 Å². The maximum atomic E-state index is 11.8. The topological polar surface area (TPSA) is 103 Å². The molecule has 0 aliphatic rings. The molecule has 6 nitrogen and oxygen atoms in total. The van der Waals surface area contributed by atoms with E-state index in [1.54, 1.807) is 26.8 Å². The van der Waals surface area contributed by atoms with Crippen molar-refractivity contribution < 1.29 is 14.7 Å². The molecule has 106 valence electrons. The molecule has 0 saturated carbocycles. The Bertz CT molecular complexity index is 574. The number of aromatic nitrogens is 1. The molecule has 0 unspecified atom stereocenters. The molecule has 0 bridgehead atoms. The summed E-state index contributed by atoms with van der Waals surface area (Å²) in [5, 5.41) is 20.4. The minimum atomic E-state index is -0.904. The lowest BCUT2D eigenvalue weighted by Gasteiger charge is -2.18. The first-order valence-electron chi connectivity index (χ1n) is 6.17. The van der Waals surface area contributed by atoms with Crippen molar-refractivity contribution in [2.45, 2.75) is 27.2 Å². The summed E-state index contributed by atoms with van der Waals surface area (Å²) in [5.74, 6) is -1.28. The van der Waals surface area contributed by atoms with Crippen LogP contribution in [0, 0.1) is 23.7 Å². The number of nitriles is 1. The number of rotatable bonds is 5. The zero-order chi connectivity index (χ0) is 15.3. The first-order valence-corrected chi connectivity index (χ1v) is 6.17. The van der Waals surface area contributed by atoms with Gasteiger partial charge in [0.25, 0.3) is 5.91 Å². The van der Waals surface area contributed by atoms with Gasteiger partial charge in [-0.3, -0.25) is 9.59 Å². The molecule has 1 heterocycles. The first kappa shape index (κ1) is 15.6. The molecule has 0 fully saturated rings. The molecule has 0 aliphatic carbocycles. The number of aliphatic carboxylic acids is 1. The van der Waals surface area contributed by atoms with E-state index in [1.807, 2.05) is 6.07 Å². The van der Waals surface area contributed by atoms with Gasteiger partial charge in [0, 0.05) is 6.54 Å². The van der Waals surface area contributed by atoms with Gasteiger partial charge in [-0.1, -0.05) is 0 Å². The summed E-state index contributed by atoms with van der Waals surface area (Å²) in [6.07, 6.45) is 0.323. The van der Waals surface area contributed by atoms with E-state index >= 15 is 0 Å². The van der Waals surface area contributed by atoms with Crippen LogP contribution in [0.1, 0.15) is 42.0 Å². The van der Waals surface area contributed by atoms with Gasteiger partial charge in [0.15, 0.2) is 0 Å². The van der Waals surface area contributed by atoms with Crippen LogP contribution in [0.5, 0.6) is 0 Å². The monoisotopic (exact) mass is 275 g/mol. The quantitative estimate of drug-likeness (QED) is 0.847. The predicted octanol–water partition coefficient (Wildman–Crippen LogP) is 1.49. The molecule has 0 radical (unpaired) electrons. The van der Waals surface area contributed by atoms with Crippen molar-refractivity contribution in [1.82, 2.24) is 10.3 Å². The second kappa shape index (κ2) is 6.15. The second-order valence-electron chi connectivity index (χ2n) is 5.14. The van der Waals surface area contributed by atoms with Crippen molar-refractivity contribution in [2.75, 3.05) is 6.54 Å². The summed E-state index contributed by atoms with van der Waals surface area (Å²) in [4.78, 5) is 26.8. The second-order valence-corrected chi connectivity index (χ2v) is 5.14. The summed E-state index contributed by atoms with van der Waals surface area (Å²) < 4.78 is 0. The van der Waals surface area contributed by atoms with Crippen molar-refractivity contribution in [2.24, 2.45) is 5.41 Å². The molecule has 0 aromatic carbocycles. The van der Waals surface area contributed by atoms with Crippen LogP contribution in [0.3, 0.4) is 0 Å². The van der Waals surface area contributed by atoms with E-state index in [0.29, 0.717) is 17.7 Å². The maximum Gasteiger partial charge on any atom is 0.309 e. The fourth-order valence-electron chi connectivity index (χ4n) is 1.49. The van der Waals surface area contributed by atoms with Gasteiger partial charge in [-0.05, 0) is 39.3 Å². The summed E-state index contributed by atoms with van der Waals surface area (Å²) in [7, 11) is 0. The van der Waals surface area contributed by atoms with Crippen LogP contribution in [-0.2, 0) is 4.79 Å². The van der Waals surface area contributed by atoms with Crippen LogP contribution in [0.4, 0.5) is 0 Å². The number of pyridine rings is 1. The van der Waals surface area contributed by atoms with Gasteiger partial charge in [-0.25, -0.2) is 4.98 Å². The largest absolute Gasteiger partial charge is 0.481 e. The number of aryl methyl sites for hydroxylation is 1. The Kier molecular flexibility index (Phi) is 4.81. The molecule has 1 amide bonds. The van der Waals surface area contributed by atoms with E-state index in [0.717, 1.165) is 0 Å². The number of nitrogens with one attached hydrogen (secondary N) is 1. The number of carbonyl (C=O) groups excluding carboxylic acids is 1. The number of amides is 1. The predicted molar refractivity (Wildman–Crippen MR) is 72.1 cm³/mol. The molecular weight excluding hydrogens is 258 g/mol. The number of hydrogen-bond acceptors (Lipinski definition) is 4. The molecule has 0 atom stereocenters. The van der Waals surface area contributed by atoms with E-state index in [9.17, 15) is 9.59 Å². The SMILES string of the molecule is Cc1nc(C(=O)NCCC(C)(C)C(=O)O)ccc1C#N. The standard InChI is InChI=1S/C14H17N3O3/c1-9-10(8-15)4-5-11(17-9)12(18)16-7-6-14(2,3)13(19)20/h4-5H,6-7H2,1-3H3,(H,16,18)(H,19,20). The zero-order valence-corrected chi connectivity index (χ0v) is 11.7. The van der Waals surface area contributed by atoms with Crippen molar-refractivity contribution in [3.05, 3.63) is 29.1 Å². The average Bonchev–Trinajstić information content (AvgIpc) is 2.38. The highest BCUT2D eigenvalue weighted by Gasteiger charge is 2.26. The third-order valence-electron chi connectivity index (χ3n) is 3.05. The summed E-state index contributed by atoms with van der Waals surface area (Å²) >= 11 is 0. The van der Waals surface area contributed by atoms with Crippen LogP contribution >= 0.6 is 0 Å². The summed E-state index contributed by atoms with van der Waals surface area (Å²) in [5.41, 5.74) is 0.246. The molecular formula is C14H17N3O3. The highest BCUT2D eigenvalue weighted by atomic mass is 16.4. The van der Waals surface area contributed by atoms with E-state index in [1.165, 1.54) is 6.07 Å². The molecule has 2 N–H and O–H groups in total. The Labute approximate surface area is 117 Å². The minimum Gasteiger partial charge on any atom is -0.481 e. The molecule has 1 aromatic heterocycles. The van der Waals surface area contributed by atoms with Gasteiger partial charge in [0.2, 0.25) is 0 Å². The van der Waals surface area contributed by atoms with Crippen molar-refractivity contribution >= 4 is 11.9 Å². The van der Waals surface area contributed by atoms with Crippen molar-refractivity contribution in [1.29, 1.82) is 5.26 Å². The first-order chi connectivity index (χ1) is 9.27. The summed E-state index contributed by atoms with van der Waals surface area (Å²) in [6.45, 7) is 5.11. The smallest absolute Gasteiger partial charge is 0.309 e. The number of nitrogens with zero attached hydrogens (tertiary/aromatic N) is 2. The van der Waals surface area contributed by atoms with E-state index < -0.39 is 11.4 Å². The Morgan fingerprint density at radius 3 is 2.60 bits per heavy atom. The molecule has 6 heteroatoms. The Morgan fingerprint density at radius 1 is 1.45 bits per heavy atom. The Balaban J connectivity index is 2.63. The fourth-order valence-corrected chi connectivity index (χ4v) is 1.49. The molecule has 0 spiro atoms. The van der Waals surface area contributed by atoms with E-state index in [2.05, 4.69) is 10.3 Å². The van der Waals surface area contributed by atoms with Crippen molar-refractivity contribution in [3.63, 3.8) is 0 Å². The van der Waals surface area contributed by atoms with E-state index in [-0.39, 0.29) is 18.1 Å². The van der Waals surface area contributed by atoms with E-state index in [4.69, 9.17) is 10.4 Å². The summed E-state index contributed by atoms with van der Waals surface area (Å²) in [6, 6.07) is 4.99. The van der Waals surface area contributed by atoms with Gasteiger partial charge < -0.3 is 10.4 Å². The molecule has 1 aromatic rings. The minimum absolute atomic E-state index is 0.217. The highest BCUT2D eigenvalue weighted by Crippen LogP contribution is 2.19. The van der Waals surface area contributed by atoms with Gasteiger partial charge >= 0.3 is 5.97 Å². The molecule has 20 heavy (non-hydrogen) atoms. The van der Waals surface area contributed by atoms with Gasteiger partial charge in [-0.15, -0.1) is 0 Å². The third-order valence-corrected chi connectivity index (χ3v) is 3.05. The Hall–Kier alpha value is -2.42. The van der Waals surface area contributed by atoms with Crippen LogP contribution in [0.25, 0.3) is 0 Å². The zero-order valence-electron chi connectivity index (χ0n) is 11.7. The highest BCUT2D eigenvalue weighted by molar-refractivity contribution is 5.92. The van der Waals surface area contributed by atoms with Crippen LogP contribution in [0.2, 0.25) is 0 Å². The van der Waals surface area contributed by atoms with Crippen LogP contribution < -0.4 is 5.32 Å². The molecule has 0 aliphatic heterocycles. The maximum absolute atomic E-state index is 11.8. The van der Waals surface area contributed by atoms with Crippen LogP contribution in [-0.4, -0.2) is 28.5 Å². The Morgan fingerprint density at radius 2 is 2.10 bits per heavy atom. The number of hydrogen-bond donors (Lipinski definition) is 2. The number of carboxylic acids is 1. The van der Waals surface area contributed by atoms with Crippen LogP contribution in [0.15, 0.2) is 12.1 Å². The van der Waals surface area contributed by atoms with Gasteiger partial charge in [0.1, 0.15) is 11.8 Å². The fraction of sp³-hybridized carbons (Fsp3) is 0.429. The molecule has 0 saturated heterocycles. The van der Waals surface area contributed by atoms with Crippen molar-refractivity contribution in [3.8, 4) is 6.07 Å². The van der Waals surface area contributed by atoms with Gasteiger partial charge in [-0.2, -0.15) is 5.26 Å². The lowest BCUT2D eigenvalue weighted by Crippen LogP contribution is -2.32. The average molecular weight is 275 g/mol. The molecule has 1 rings (SSSR count). The number of carbonyl (C=O) groups is 2.